The molecule has 0 fully saturated rings. The number of rotatable bonds is 52. The molecule has 2 unspecified atom stereocenters. The first-order valence-corrected chi connectivity index (χ1v) is 27.8. The fourth-order valence-electron chi connectivity index (χ4n) is 8.88. The number of ether oxygens (including phenoxy) is 1. The third kappa shape index (κ3) is 48.2. The van der Waals surface area contributed by atoms with Crippen LogP contribution in [-0.2, 0) is 14.3 Å². The molecule has 0 aliphatic heterocycles. The molecular formula is C55H109NO5. The van der Waals surface area contributed by atoms with E-state index in [1.807, 2.05) is 0 Å². The number of esters is 1. The summed E-state index contributed by atoms with van der Waals surface area (Å²) in [6.45, 7) is 4.95. The minimum atomic E-state index is -0.667. The summed E-state index contributed by atoms with van der Waals surface area (Å²) in [6, 6.07) is -0.545. The van der Waals surface area contributed by atoms with E-state index < -0.39 is 12.1 Å². The second kappa shape index (κ2) is 51.5. The molecule has 0 heterocycles. The summed E-state index contributed by atoms with van der Waals surface area (Å²) in [5.41, 5.74) is 0. The molecule has 6 nitrogen and oxygen atoms in total. The van der Waals surface area contributed by atoms with Crippen LogP contribution in [0.4, 0.5) is 0 Å². The molecule has 0 bridgehead atoms. The van der Waals surface area contributed by atoms with Gasteiger partial charge in [0, 0.05) is 12.8 Å². The highest BCUT2D eigenvalue weighted by molar-refractivity contribution is 5.76. The molecule has 0 aromatic rings. The van der Waals surface area contributed by atoms with Crippen LogP contribution >= 0.6 is 0 Å². The Morgan fingerprint density at radius 1 is 0.393 bits per heavy atom. The zero-order valence-corrected chi connectivity index (χ0v) is 41.4. The number of carbonyl (C=O) groups is 2. The smallest absolute Gasteiger partial charge is 0.305 e. The highest BCUT2D eigenvalue weighted by atomic mass is 16.5. The lowest BCUT2D eigenvalue weighted by atomic mass is 10.0. The van der Waals surface area contributed by atoms with Gasteiger partial charge in [0.05, 0.1) is 25.4 Å². The van der Waals surface area contributed by atoms with Crippen LogP contribution in [0, 0.1) is 0 Å². The Bertz CT molecular complexity index is 867. The van der Waals surface area contributed by atoms with Gasteiger partial charge in [0.15, 0.2) is 0 Å². The summed E-state index contributed by atoms with van der Waals surface area (Å²) in [5.74, 6) is -0.0368. The molecule has 0 aliphatic rings. The number of unbranched alkanes of at least 4 members (excludes halogenated alkanes) is 41. The Balaban J connectivity index is 3.39. The number of nitrogens with one attached hydrogen (secondary N) is 1. The topological polar surface area (TPSA) is 95.9 Å². The average molecular weight is 864 g/mol. The van der Waals surface area contributed by atoms with Gasteiger partial charge in [-0.2, -0.15) is 0 Å². The van der Waals surface area contributed by atoms with Crippen LogP contribution in [0.5, 0.6) is 0 Å². The lowest BCUT2D eigenvalue weighted by Gasteiger charge is -2.22. The van der Waals surface area contributed by atoms with Gasteiger partial charge in [-0.3, -0.25) is 9.59 Å². The van der Waals surface area contributed by atoms with Crippen LogP contribution in [0.2, 0.25) is 0 Å². The number of aliphatic hydroxyl groups excluding tert-OH is 2. The number of amides is 1. The van der Waals surface area contributed by atoms with E-state index in [1.165, 1.54) is 238 Å². The summed E-state index contributed by atoms with van der Waals surface area (Å²) in [4.78, 5) is 24.5. The van der Waals surface area contributed by atoms with Gasteiger partial charge >= 0.3 is 5.97 Å². The third-order valence-corrected chi connectivity index (χ3v) is 13.2. The molecule has 0 saturated carbocycles. The summed E-state index contributed by atoms with van der Waals surface area (Å²) in [7, 11) is 0. The summed E-state index contributed by atoms with van der Waals surface area (Å²) >= 11 is 0. The van der Waals surface area contributed by atoms with Gasteiger partial charge in [-0.05, 0) is 25.7 Å². The van der Waals surface area contributed by atoms with Crippen LogP contribution < -0.4 is 5.32 Å². The predicted molar refractivity (Wildman–Crippen MR) is 264 cm³/mol. The molecule has 6 heteroatoms. The zero-order chi connectivity index (χ0) is 44.4. The predicted octanol–water partition coefficient (Wildman–Crippen LogP) is 16.7. The molecule has 2 atom stereocenters. The van der Waals surface area contributed by atoms with Crippen molar-refractivity contribution in [1.29, 1.82) is 0 Å². The average Bonchev–Trinajstić information content (AvgIpc) is 3.26. The standard InChI is InChI=1S/C55H109NO5/c1-3-5-7-9-11-13-15-17-18-21-25-29-33-37-41-45-49-55(60)61-50-46-42-38-34-30-26-22-19-20-24-28-32-36-40-44-48-54(59)56-52(51-57)53(58)47-43-39-35-31-27-23-16-14-12-10-8-6-4-2/h52-53,57-58H,3-51H2,1-2H3,(H,56,59). The Morgan fingerprint density at radius 2 is 0.672 bits per heavy atom. The van der Waals surface area contributed by atoms with Gasteiger partial charge in [-0.15, -0.1) is 0 Å². The van der Waals surface area contributed by atoms with Crippen molar-refractivity contribution in [3.63, 3.8) is 0 Å². The fraction of sp³-hybridized carbons (Fsp3) is 0.964. The van der Waals surface area contributed by atoms with Gasteiger partial charge in [0.25, 0.3) is 0 Å². The number of hydrogen-bond acceptors (Lipinski definition) is 5. The number of aliphatic hydroxyl groups is 2. The van der Waals surface area contributed by atoms with Crippen molar-refractivity contribution in [1.82, 2.24) is 5.32 Å². The van der Waals surface area contributed by atoms with Crippen molar-refractivity contribution in [3.8, 4) is 0 Å². The monoisotopic (exact) mass is 864 g/mol. The SMILES string of the molecule is CCCCCCCCCCCCCCCCCCC(=O)OCCCCCCCCCCCCCCCCCC(=O)NC(CO)C(O)CCCCCCCCCCCCCCC. The molecule has 1 amide bonds. The second-order valence-electron chi connectivity index (χ2n) is 19.3. The van der Waals surface area contributed by atoms with Crippen LogP contribution in [0.1, 0.15) is 316 Å². The highest BCUT2D eigenvalue weighted by Gasteiger charge is 2.20. The lowest BCUT2D eigenvalue weighted by molar-refractivity contribution is -0.143. The van der Waals surface area contributed by atoms with Gasteiger partial charge in [-0.1, -0.05) is 277 Å². The normalized spacial score (nSPS) is 12.5. The maximum atomic E-state index is 12.4. The minimum Gasteiger partial charge on any atom is -0.466 e. The third-order valence-electron chi connectivity index (χ3n) is 13.2. The fourth-order valence-corrected chi connectivity index (χ4v) is 8.88. The van der Waals surface area contributed by atoms with Crippen LogP contribution in [0.15, 0.2) is 0 Å². The van der Waals surface area contributed by atoms with E-state index in [9.17, 15) is 19.8 Å². The summed E-state index contributed by atoms with van der Waals surface area (Å²) < 4.78 is 5.48. The maximum absolute atomic E-state index is 12.4. The lowest BCUT2D eigenvalue weighted by Crippen LogP contribution is -2.45. The summed E-state index contributed by atoms with van der Waals surface area (Å²) in [6.07, 6.45) is 57.9. The van der Waals surface area contributed by atoms with E-state index in [1.54, 1.807) is 0 Å². The van der Waals surface area contributed by atoms with E-state index in [-0.39, 0.29) is 18.5 Å². The molecule has 0 radical (unpaired) electrons. The Morgan fingerprint density at radius 3 is 1.00 bits per heavy atom. The van der Waals surface area contributed by atoms with Gasteiger partial charge in [0.2, 0.25) is 5.91 Å². The molecule has 364 valence electrons. The van der Waals surface area contributed by atoms with Crippen molar-refractivity contribution in [2.45, 2.75) is 328 Å². The minimum absolute atomic E-state index is 0.00486. The van der Waals surface area contributed by atoms with Gasteiger partial charge in [-0.25, -0.2) is 0 Å². The molecule has 3 N–H and O–H groups in total. The molecule has 0 aliphatic carbocycles. The molecule has 0 aromatic carbocycles. The van der Waals surface area contributed by atoms with Crippen molar-refractivity contribution >= 4 is 11.9 Å². The number of hydrogen-bond donors (Lipinski definition) is 3. The largest absolute Gasteiger partial charge is 0.466 e. The Kier molecular flexibility index (Phi) is 50.5. The molecule has 61 heavy (non-hydrogen) atoms. The van der Waals surface area contributed by atoms with Gasteiger partial charge < -0.3 is 20.3 Å². The summed E-state index contributed by atoms with van der Waals surface area (Å²) in [5, 5.41) is 23.2. The van der Waals surface area contributed by atoms with Crippen LogP contribution in [-0.4, -0.2) is 47.4 Å². The van der Waals surface area contributed by atoms with E-state index in [0.717, 1.165) is 44.9 Å². The molecule has 0 spiro atoms. The molecule has 0 saturated heterocycles. The van der Waals surface area contributed by atoms with E-state index in [4.69, 9.17) is 4.74 Å². The molecule has 0 aromatic heterocycles. The molecular weight excluding hydrogens is 755 g/mol. The maximum Gasteiger partial charge on any atom is 0.305 e. The first-order chi connectivity index (χ1) is 30.0. The quantitative estimate of drug-likeness (QED) is 0.0418. The first-order valence-electron chi connectivity index (χ1n) is 27.8. The van der Waals surface area contributed by atoms with Crippen molar-refractivity contribution < 1.29 is 24.5 Å². The zero-order valence-electron chi connectivity index (χ0n) is 41.4. The van der Waals surface area contributed by atoms with E-state index >= 15 is 0 Å². The Labute approximate surface area is 381 Å². The van der Waals surface area contributed by atoms with Gasteiger partial charge in [0.1, 0.15) is 0 Å². The van der Waals surface area contributed by atoms with Crippen LogP contribution in [0.25, 0.3) is 0 Å². The van der Waals surface area contributed by atoms with Crippen LogP contribution in [0.3, 0.4) is 0 Å². The molecule has 0 rings (SSSR count). The van der Waals surface area contributed by atoms with Crippen molar-refractivity contribution in [3.05, 3.63) is 0 Å². The van der Waals surface area contributed by atoms with Crippen molar-refractivity contribution in [2.75, 3.05) is 13.2 Å². The van der Waals surface area contributed by atoms with E-state index in [2.05, 4.69) is 19.2 Å². The second-order valence-corrected chi connectivity index (χ2v) is 19.3. The first kappa shape index (κ1) is 59.9. The van der Waals surface area contributed by atoms with E-state index in [0.29, 0.717) is 25.9 Å². The number of carbonyl (C=O) groups excluding carboxylic acids is 2. The highest BCUT2D eigenvalue weighted by Crippen LogP contribution is 2.18. The Hall–Kier alpha value is -1.14. The van der Waals surface area contributed by atoms with Crippen molar-refractivity contribution in [2.24, 2.45) is 0 Å².